The normalized spacial score (nSPS) is 41.8. The summed E-state index contributed by atoms with van der Waals surface area (Å²) in [5, 5.41) is 20.1. The Kier molecular flexibility index (Phi) is 2.91. The van der Waals surface area contributed by atoms with Crippen molar-refractivity contribution in [2.45, 2.75) is 69.8 Å². The fraction of sp³-hybridized carbons (Fsp3) is 0.684. The van der Waals surface area contributed by atoms with Crippen molar-refractivity contribution >= 4 is 0 Å². The zero-order valence-corrected chi connectivity index (χ0v) is 12.9. The third-order valence-electron chi connectivity index (χ3n) is 7.02. The molecule has 0 saturated heterocycles. The van der Waals surface area contributed by atoms with Gasteiger partial charge in [0.05, 0.1) is 6.10 Å². The lowest BCUT2D eigenvalue weighted by Crippen LogP contribution is -2.45. The summed E-state index contributed by atoms with van der Waals surface area (Å²) in [7, 11) is 0. The van der Waals surface area contributed by atoms with Crippen LogP contribution in [0.2, 0.25) is 0 Å². The third-order valence-corrected chi connectivity index (χ3v) is 7.02. The van der Waals surface area contributed by atoms with Gasteiger partial charge in [-0.25, -0.2) is 0 Å². The first-order valence-corrected chi connectivity index (χ1v) is 8.54. The Bertz CT molecular complexity index is 567. The molecule has 0 heterocycles. The molecule has 0 radical (unpaired) electrons. The number of aryl methyl sites for hydroxylation is 1. The van der Waals surface area contributed by atoms with Crippen molar-refractivity contribution in [1.82, 2.24) is 0 Å². The molecule has 0 bridgehead atoms. The van der Waals surface area contributed by atoms with E-state index in [0.29, 0.717) is 17.1 Å². The number of aliphatic hydroxyl groups is 1. The maximum Gasteiger partial charge on any atom is 0.115 e. The van der Waals surface area contributed by atoms with Crippen molar-refractivity contribution in [1.29, 1.82) is 0 Å². The minimum Gasteiger partial charge on any atom is -0.508 e. The highest BCUT2D eigenvalue weighted by Gasteiger charge is 2.54. The largest absolute Gasteiger partial charge is 0.508 e. The molecule has 4 rings (SSSR count). The molecule has 1 spiro atoms. The highest BCUT2D eigenvalue weighted by Crippen LogP contribution is 2.60. The molecule has 2 saturated carbocycles. The molecule has 1 aromatic carbocycles. The van der Waals surface area contributed by atoms with Crippen LogP contribution in [-0.4, -0.2) is 16.3 Å². The summed E-state index contributed by atoms with van der Waals surface area (Å²) in [5.41, 5.74) is 3.33. The maximum absolute atomic E-state index is 10.4. The Hall–Kier alpha value is -1.02. The number of fused-ring (bicyclic) bond motifs is 3. The minimum atomic E-state index is -0.0947. The maximum atomic E-state index is 10.4. The van der Waals surface area contributed by atoms with Crippen LogP contribution < -0.4 is 0 Å². The van der Waals surface area contributed by atoms with Gasteiger partial charge in [-0.05, 0) is 91.4 Å². The van der Waals surface area contributed by atoms with Crippen LogP contribution in [0.15, 0.2) is 18.2 Å². The number of rotatable bonds is 0. The van der Waals surface area contributed by atoms with Gasteiger partial charge in [0.25, 0.3) is 0 Å². The van der Waals surface area contributed by atoms with Crippen molar-refractivity contribution in [2.75, 3.05) is 0 Å². The lowest BCUT2D eigenvalue weighted by Gasteiger charge is -2.51. The van der Waals surface area contributed by atoms with E-state index >= 15 is 0 Å². The average Bonchev–Trinajstić information content (AvgIpc) is 2.75. The van der Waals surface area contributed by atoms with E-state index in [0.717, 1.165) is 19.3 Å². The molecule has 0 aromatic heterocycles. The molecule has 4 atom stereocenters. The third kappa shape index (κ3) is 1.88. The Morgan fingerprint density at radius 3 is 2.86 bits per heavy atom. The minimum absolute atomic E-state index is 0.0947. The van der Waals surface area contributed by atoms with E-state index in [1.165, 1.54) is 43.2 Å². The second-order valence-corrected chi connectivity index (χ2v) is 7.98. The van der Waals surface area contributed by atoms with E-state index in [9.17, 15) is 10.2 Å². The lowest BCUT2D eigenvalue weighted by atomic mass is 9.54. The van der Waals surface area contributed by atoms with E-state index in [1.54, 1.807) is 0 Å². The van der Waals surface area contributed by atoms with E-state index in [1.807, 2.05) is 12.1 Å². The van der Waals surface area contributed by atoms with Crippen LogP contribution in [0.5, 0.6) is 5.75 Å². The molecule has 2 nitrogen and oxygen atoms in total. The molecule has 0 aliphatic heterocycles. The topological polar surface area (TPSA) is 40.5 Å². The van der Waals surface area contributed by atoms with Crippen LogP contribution in [-0.2, 0) is 11.8 Å². The summed E-state index contributed by atoms with van der Waals surface area (Å²) in [6, 6.07) is 6.02. The molecule has 1 aromatic rings. The molecule has 114 valence electrons. The first kappa shape index (κ1) is 13.6. The second-order valence-electron chi connectivity index (χ2n) is 7.98. The van der Waals surface area contributed by atoms with Gasteiger partial charge >= 0.3 is 0 Å². The fourth-order valence-corrected chi connectivity index (χ4v) is 5.61. The number of aromatic hydroxyl groups is 1. The Morgan fingerprint density at radius 1 is 1.14 bits per heavy atom. The number of benzene rings is 1. The van der Waals surface area contributed by atoms with E-state index in [-0.39, 0.29) is 11.5 Å². The summed E-state index contributed by atoms with van der Waals surface area (Å²) in [6.45, 7) is 2.31. The zero-order valence-electron chi connectivity index (χ0n) is 12.9. The Morgan fingerprint density at radius 2 is 2.00 bits per heavy atom. The molecule has 2 fully saturated rings. The quantitative estimate of drug-likeness (QED) is 0.758. The predicted molar refractivity (Wildman–Crippen MR) is 83.4 cm³/mol. The van der Waals surface area contributed by atoms with Gasteiger partial charge in [-0.1, -0.05) is 13.0 Å². The van der Waals surface area contributed by atoms with E-state index in [2.05, 4.69) is 13.0 Å². The average molecular weight is 286 g/mol. The lowest BCUT2D eigenvalue weighted by molar-refractivity contribution is -0.0114. The van der Waals surface area contributed by atoms with Crippen LogP contribution in [0, 0.1) is 11.3 Å². The van der Waals surface area contributed by atoms with Crippen molar-refractivity contribution in [3.8, 4) is 5.75 Å². The smallest absolute Gasteiger partial charge is 0.115 e. The van der Waals surface area contributed by atoms with Crippen molar-refractivity contribution in [3.63, 3.8) is 0 Å². The SMILES string of the molecule is C[C@]12CCC3(CCCc4cc(O)ccc43)CC1CC[C@@H]2O. The van der Waals surface area contributed by atoms with Crippen LogP contribution >= 0.6 is 0 Å². The number of phenolic OH excluding ortho intramolecular Hbond substituents is 1. The van der Waals surface area contributed by atoms with Crippen LogP contribution in [0.1, 0.15) is 63.0 Å². The van der Waals surface area contributed by atoms with E-state index < -0.39 is 0 Å². The van der Waals surface area contributed by atoms with Crippen molar-refractivity contribution in [3.05, 3.63) is 29.3 Å². The summed E-state index contributed by atoms with van der Waals surface area (Å²) < 4.78 is 0. The molecular formula is C19H26O2. The van der Waals surface area contributed by atoms with Gasteiger partial charge in [0, 0.05) is 0 Å². The van der Waals surface area contributed by atoms with Crippen LogP contribution in [0.3, 0.4) is 0 Å². The van der Waals surface area contributed by atoms with Gasteiger partial charge in [-0.15, -0.1) is 0 Å². The molecule has 3 aliphatic rings. The highest BCUT2D eigenvalue weighted by molar-refractivity contribution is 5.42. The standard InChI is InChI=1S/C19H26O2/c1-18-9-10-19(12-14(18)4-7-17(18)21)8-2-3-13-11-15(20)5-6-16(13)19/h5-6,11,14,17,20-21H,2-4,7-10,12H2,1H3/t14?,17-,18-,19?/m0/s1. The summed E-state index contributed by atoms with van der Waals surface area (Å²) >= 11 is 0. The molecule has 2 N–H and O–H groups in total. The number of aliphatic hydroxyl groups excluding tert-OH is 1. The van der Waals surface area contributed by atoms with Gasteiger partial charge in [0.2, 0.25) is 0 Å². The highest BCUT2D eigenvalue weighted by atomic mass is 16.3. The van der Waals surface area contributed by atoms with Gasteiger partial charge in [-0.2, -0.15) is 0 Å². The molecule has 21 heavy (non-hydrogen) atoms. The molecule has 2 heteroatoms. The summed E-state index contributed by atoms with van der Waals surface area (Å²) in [5.74, 6) is 1.07. The van der Waals surface area contributed by atoms with Crippen LogP contribution in [0.25, 0.3) is 0 Å². The predicted octanol–water partition coefficient (Wildman–Crippen LogP) is 3.93. The number of hydrogen-bond donors (Lipinski definition) is 2. The monoisotopic (exact) mass is 286 g/mol. The number of phenols is 1. The summed E-state index contributed by atoms with van der Waals surface area (Å²) in [4.78, 5) is 0. The second kappa shape index (κ2) is 4.49. The zero-order chi connectivity index (χ0) is 14.7. The van der Waals surface area contributed by atoms with Crippen molar-refractivity contribution in [2.24, 2.45) is 11.3 Å². The molecule has 2 unspecified atom stereocenters. The first-order chi connectivity index (χ1) is 10.0. The fourth-order valence-electron chi connectivity index (χ4n) is 5.61. The Labute approximate surface area is 127 Å². The van der Waals surface area contributed by atoms with Gasteiger partial charge in [-0.3, -0.25) is 0 Å². The molecular weight excluding hydrogens is 260 g/mol. The molecule has 0 amide bonds. The summed E-state index contributed by atoms with van der Waals surface area (Å²) in [6.07, 6.45) is 9.30. The molecule has 3 aliphatic carbocycles. The van der Waals surface area contributed by atoms with Gasteiger partial charge in [0.15, 0.2) is 0 Å². The Balaban J connectivity index is 1.72. The first-order valence-electron chi connectivity index (χ1n) is 8.54. The number of hydrogen-bond acceptors (Lipinski definition) is 2. The van der Waals surface area contributed by atoms with E-state index in [4.69, 9.17) is 0 Å². The van der Waals surface area contributed by atoms with Gasteiger partial charge in [0.1, 0.15) is 5.75 Å². The van der Waals surface area contributed by atoms with Gasteiger partial charge < -0.3 is 10.2 Å². The van der Waals surface area contributed by atoms with Crippen molar-refractivity contribution < 1.29 is 10.2 Å². The van der Waals surface area contributed by atoms with Crippen LogP contribution in [0.4, 0.5) is 0 Å².